The Morgan fingerprint density at radius 3 is 2.44 bits per heavy atom. The smallest absolute Gasteiger partial charge is 0.255 e. The molecule has 144 valence electrons. The van der Waals surface area contributed by atoms with Gasteiger partial charge in [-0.25, -0.2) is 4.98 Å². The Balaban J connectivity index is 1.77. The average Bonchev–Trinajstić information content (AvgIpc) is 2.65. The van der Waals surface area contributed by atoms with Crippen molar-refractivity contribution in [2.45, 2.75) is 32.7 Å². The van der Waals surface area contributed by atoms with Gasteiger partial charge in [0, 0.05) is 50.3 Å². The van der Waals surface area contributed by atoms with Crippen LogP contribution < -0.4 is 20.7 Å². The number of anilines is 3. The SMILES string of the molecule is Cc1cc(=O)n(CC(=O)Nc2ccc(N(C)C)cc2)c(N2CCCCC2)n1. The quantitative estimate of drug-likeness (QED) is 0.875. The molecule has 1 aromatic carbocycles. The van der Waals surface area contributed by atoms with Gasteiger partial charge < -0.3 is 15.1 Å². The normalized spacial score (nSPS) is 14.1. The lowest BCUT2D eigenvalue weighted by Gasteiger charge is -2.29. The van der Waals surface area contributed by atoms with Gasteiger partial charge in [0.2, 0.25) is 11.9 Å². The van der Waals surface area contributed by atoms with Crippen LogP contribution in [0.15, 0.2) is 35.1 Å². The maximum Gasteiger partial charge on any atom is 0.255 e. The summed E-state index contributed by atoms with van der Waals surface area (Å²) < 4.78 is 1.47. The first kappa shape index (κ1) is 18.9. The van der Waals surface area contributed by atoms with E-state index in [4.69, 9.17) is 0 Å². The summed E-state index contributed by atoms with van der Waals surface area (Å²) in [5.74, 6) is 0.358. The maximum absolute atomic E-state index is 12.5. The van der Waals surface area contributed by atoms with E-state index in [2.05, 4.69) is 15.2 Å². The van der Waals surface area contributed by atoms with Crippen LogP contribution in [0.3, 0.4) is 0 Å². The summed E-state index contributed by atoms with van der Waals surface area (Å²) in [6.45, 7) is 3.49. The number of aromatic nitrogens is 2. The highest BCUT2D eigenvalue weighted by atomic mass is 16.2. The van der Waals surface area contributed by atoms with Crippen LogP contribution in [0.1, 0.15) is 25.0 Å². The number of hydrogen-bond acceptors (Lipinski definition) is 5. The first-order chi connectivity index (χ1) is 12.9. The number of amides is 1. The van der Waals surface area contributed by atoms with Crippen molar-refractivity contribution in [3.63, 3.8) is 0 Å². The second-order valence-corrected chi connectivity index (χ2v) is 7.16. The number of benzene rings is 1. The van der Waals surface area contributed by atoms with E-state index in [1.807, 2.05) is 50.2 Å². The van der Waals surface area contributed by atoms with Crippen molar-refractivity contribution in [2.24, 2.45) is 0 Å². The number of nitrogens with one attached hydrogen (secondary N) is 1. The van der Waals surface area contributed by atoms with Gasteiger partial charge >= 0.3 is 0 Å². The van der Waals surface area contributed by atoms with Crippen LogP contribution >= 0.6 is 0 Å². The third-order valence-electron chi connectivity index (χ3n) is 4.72. The number of piperidine rings is 1. The van der Waals surface area contributed by atoms with Crippen molar-refractivity contribution in [2.75, 3.05) is 42.3 Å². The van der Waals surface area contributed by atoms with Crippen LogP contribution in [0.4, 0.5) is 17.3 Å². The number of rotatable bonds is 5. The minimum absolute atomic E-state index is 0.0482. The van der Waals surface area contributed by atoms with Gasteiger partial charge in [0.25, 0.3) is 5.56 Å². The molecule has 0 aliphatic carbocycles. The van der Waals surface area contributed by atoms with Gasteiger partial charge in [-0.2, -0.15) is 0 Å². The van der Waals surface area contributed by atoms with E-state index in [0.29, 0.717) is 17.3 Å². The molecule has 1 N–H and O–H groups in total. The fraction of sp³-hybridized carbons (Fsp3) is 0.450. The molecule has 7 heteroatoms. The molecular weight excluding hydrogens is 342 g/mol. The number of aryl methyl sites for hydroxylation is 1. The van der Waals surface area contributed by atoms with E-state index < -0.39 is 0 Å². The highest BCUT2D eigenvalue weighted by Gasteiger charge is 2.19. The molecule has 0 spiro atoms. The van der Waals surface area contributed by atoms with Crippen LogP contribution in [-0.2, 0) is 11.3 Å². The van der Waals surface area contributed by atoms with Gasteiger partial charge in [-0.3, -0.25) is 14.2 Å². The molecule has 1 saturated heterocycles. The van der Waals surface area contributed by atoms with Crippen molar-refractivity contribution < 1.29 is 4.79 Å². The third kappa shape index (κ3) is 4.67. The van der Waals surface area contributed by atoms with E-state index in [-0.39, 0.29) is 18.0 Å². The zero-order chi connectivity index (χ0) is 19.4. The van der Waals surface area contributed by atoms with Crippen molar-refractivity contribution in [3.05, 3.63) is 46.4 Å². The lowest BCUT2D eigenvalue weighted by Crippen LogP contribution is -2.38. The van der Waals surface area contributed by atoms with Crippen LogP contribution in [0.5, 0.6) is 0 Å². The standard InChI is InChI=1S/C20H27N5O2/c1-15-13-19(27)25(20(21-15)24-11-5-4-6-12-24)14-18(26)22-16-7-9-17(10-8-16)23(2)3/h7-10,13H,4-6,11-12,14H2,1-3H3,(H,22,26). The minimum Gasteiger partial charge on any atom is -0.378 e. The molecule has 1 amide bonds. The molecule has 2 heterocycles. The predicted octanol–water partition coefficient (Wildman–Crippen LogP) is 2.25. The monoisotopic (exact) mass is 369 g/mol. The average molecular weight is 369 g/mol. The minimum atomic E-state index is -0.237. The Bertz CT molecular complexity index is 852. The molecule has 0 atom stereocenters. The summed E-state index contributed by atoms with van der Waals surface area (Å²) in [5.41, 5.74) is 2.25. The lowest BCUT2D eigenvalue weighted by atomic mass is 10.1. The molecule has 2 aromatic rings. The lowest BCUT2D eigenvalue weighted by molar-refractivity contribution is -0.116. The van der Waals surface area contributed by atoms with Gasteiger partial charge in [-0.05, 0) is 50.5 Å². The Hall–Kier alpha value is -2.83. The predicted molar refractivity (Wildman–Crippen MR) is 109 cm³/mol. The van der Waals surface area contributed by atoms with Gasteiger partial charge in [-0.1, -0.05) is 0 Å². The van der Waals surface area contributed by atoms with Gasteiger partial charge in [0.15, 0.2) is 0 Å². The number of carbonyl (C=O) groups excluding carboxylic acids is 1. The highest BCUT2D eigenvalue weighted by Crippen LogP contribution is 2.18. The largest absolute Gasteiger partial charge is 0.378 e. The van der Waals surface area contributed by atoms with E-state index in [1.165, 1.54) is 17.1 Å². The van der Waals surface area contributed by atoms with Crippen LogP contribution in [0.25, 0.3) is 0 Å². The van der Waals surface area contributed by atoms with Crippen LogP contribution in [0.2, 0.25) is 0 Å². The molecule has 27 heavy (non-hydrogen) atoms. The maximum atomic E-state index is 12.5. The van der Waals surface area contributed by atoms with Gasteiger partial charge in [-0.15, -0.1) is 0 Å². The first-order valence-corrected chi connectivity index (χ1v) is 9.35. The van der Waals surface area contributed by atoms with Gasteiger partial charge in [0.1, 0.15) is 6.54 Å². The molecular formula is C20H27N5O2. The second-order valence-electron chi connectivity index (χ2n) is 7.16. The van der Waals surface area contributed by atoms with Crippen molar-refractivity contribution in [1.29, 1.82) is 0 Å². The zero-order valence-electron chi connectivity index (χ0n) is 16.2. The summed E-state index contributed by atoms with van der Waals surface area (Å²) in [4.78, 5) is 33.7. The van der Waals surface area contributed by atoms with E-state index >= 15 is 0 Å². The fourth-order valence-electron chi connectivity index (χ4n) is 3.28. The molecule has 1 aliphatic rings. The Labute approximate surface area is 159 Å². The van der Waals surface area contributed by atoms with Crippen molar-refractivity contribution in [3.8, 4) is 0 Å². The van der Waals surface area contributed by atoms with Gasteiger partial charge in [0.05, 0.1) is 0 Å². The van der Waals surface area contributed by atoms with E-state index in [0.717, 1.165) is 31.6 Å². The Morgan fingerprint density at radius 2 is 1.81 bits per heavy atom. The van der Waals surface area contributed by atoms with E-state index in [9.17, 15) is 9.59 Å². The molecule has 0 bridgehead atoms. The summed E-state index contributed by atoms with van der Waals surface area (Å²) in [7, 11) is 3.93. The molecule has 0 saturated carbocycles. The Morgan fingerprint density at radius 1 is 1.15 bits per heavy atom. The van der Waals surface area contributed by atoms with Crippen molar-refractivity contribution in [1.82, 2.24) is 9.55 Å². The van der Waals surface area contributed by atoms with Crippen LogP contribution in [-0.4, -0.2) is 42.6 Å². The molecule has 3 rings (SSSR count). The fourth-order valence-corrected chi connectivity index (χ4v) is 3.28. The number of hydrogen-bond donors (Lipinski definition) is 1. The van der Waals surface area contributed by atoms with Crippen LogP contribution in [0, 0.1) is 6.92 Å². The number of carbonyl (C=O) groups is 1. The molecule has 0 radical (unpaired) electrons. The summed E-state index contributed by atoms with van der Waals surface area (Å²) in [5, 5.41) is 2.87. The molecule has 0 unspecified atom stereocenters. The molecule has 1 aliphatic heterocycles. The molecule has 7 nitrogen and oxygen atoms in total. The number of nitrogens with zero attached hydrogens (tertiary/aromatic N) is 4. The Kier molecular flexibility index (Phi) is 5.78. The second kappa shape index (κ2) is 8.24. The van der Waals surface area contributed by atoms with E-state index in [1.54, 1.807) is 0 Å². The molecule has 1 aromatic heterocycles. The van der Waals surface area contributed by atoms with Crippen molar-refractivity contribution >= 4 is 23.2 Å². The highest BCUT2D eigenvalue weighted by molar-refractivity contribution is 5.90. The zero-order valence-corrected chi connectivity index (χ0v) is 16.2. The topological polar surface area (TPSA) is 70.5 Å². The summed E-state index contributed by atoms with van der Waals surface area (Å²) in [6.07, 6.45) is 3.35. The molecule has 1 fully saturated rings. The first-order valence-electron chi connectivity index (χ1n) is 9.35. The summed E-state index contributed by atoms with van der Waals surface area (Å²) in [6, 6.07) is 9.07. The third-order valence-corrected chi connectivity index (χ3v) is 4.72. The summed E-state index contributed by atoms with van der Waals surface area (Å²) >= 11 is 0.